The van der Waals surface area contributed by atoms with Gasteiger partial charge in [-0.05, 0) is 66.2 Å². The first kappa shape index (κ1) is 28.6. The highest BCUT2D eigenvalue weighted by atomic mass is 16.7. The Bertz CT molecular complexity index is 1700. The molecular formula is C33H28N4O6. The van der Waals surface area contributed by atoms with Gasteiger partial charge in [-0.15, -0.1) is 0 Å². The minimum absolute atomic E-state index is 0.00822. The van der Waals surface area contributed by atoms with Gasteiger partial charge >= 0.3 is 5.97 Å². The molecule has 1 aliphatic heterocycles. The first-order valence-corrected chi connectivity index (χ1v) is 13.3. The number of hydrazone groups is 1. The molecular weight excluding hydrogens is 548 g/mol. The fourth-order valence-electron chi connectivity index (χ4n) is 4.06. The number of para-hydroxylation sites is 1. The summed E-state index contributed by atoms with van der Waals surface area (Å²) in [5, 5.41) is 6.74. The fourth-order valence-corrected chi connectivity index (χ4v) is 4.06. The molecule has 216 valence electrons. The Morgan fingerprint density at radius 2 is 1.56 bits per heavy atom. The molecule has 0 spiro atoms. The van der Waals surface area contributed by atoms with Crippen LogP contribution in [0.1, 0.15) is 31.8 Å². The van der Waals surface area contributed by atoms with Crippen molar-refractivity contribution in [2.75, 3.05) is 25.8 Å². The highest BCUT2D eigenvalue weighted by molar-refractivity contribution is 6.05. The van der Waals surface area contributed by atoms with E-state index in [1.165, 1.54) is 6.21 Å². The van der Waals surface area contributed by atoms with E-state index >= 15 is 0 Å². The van der Waals surface area contributed by atoms with Gasteiger partial charge in [0, 0.05) is 30.9 Å². The molecule has 0 fully saturated rings. The number of ether oxygens (including phenoxy) is 3. The predicted molar refractivity (Wildman–Crippen MR) is 162 cm³/mol. The van der Waals surface area contributed by atoms with Crippen molar-refractivity contribution in [2.24, 2.45) is 5.10 Å². The van der Waals surface area contributed by atoms with Crippen molar-refractivity contribution in [3.8, 4) is 17.2 Å². The first-order valence-electron chi connectivity index (χ1n) is 13.3. The number of hydrogen-bond donors (Lipinski definition) is 2. The van der Waals surface area contributed by atoms with E-state index in [1.54, 1.807) is 78.9 Å². The number of carbonyl (C=O) groups excluding carboxylic acids is 3. The van der Waals surface area contributed by atoms with Crippen molar-refractivity contribution in [2.45, 2.75) is 0 Å². The van der Waals surface area contributed by atoms with Crippen molar-refractivity contribution in [1.29, 1.82) is 0 Å². The maximum atomic E-state index is 13.2. The monoisotopic (exact) mass is 576 g/mol. The third-order valence-electron chi connectivity index (χ3n) is 6.35. The molecule has 0 bridgehead atoms. The fraction of sp³-hybridized carbons (Fsp3) is 0.0909. The molecule has 2 amide bonds. The molecule has 0 aromatic heterocycles. The van der Waals surface area contributed by atoms with Crippen LogP contribution in [0.25, 0.3) is 6.08 Å². The zero-order chi connectivity index (χ0) is 30.2. The molecule has 1 heterocycles. The van der Waals surface area contributed by atoms with Gasteiger partial charge < -0.3 is 24.4 Å². The van der Waals surface area contributed by atoms with Crippen molar-refractivity contribution in [3.63, 3.8) is 0 Å². The smallest absolute Gasteiger partial charge is 0.343 e. The van der Waals surface area contributed by atoms with Crippen LogP contribution in [0.4, 0.5) is 5.69 Å². The van der Waals surface area contributed by atoms with Gasteiger partial charge in [-0.2, -0.15) is 5.10 Å². The average Bonchev–Trinajstić information content (AvgIpc) is 3.50. The van der Waals surface area contributed by atoms with E-state index in [2.05, 4.69) is 15.8 Å². The Morgan fingerprint density at radius 3 is 2.33 bits per heavy atom. The second kappa shape index (κ2) is 13.2. The first-order chi connectivity index (χ1) is 20.9. The van der Waals surface area contributed by atoms with Gasteiger partial charge in [0.25, 0.3) is 11.8 Å². The maximum absolute atomic E-state index is 13.2. The van der Waals surface area contributed by atoms with Crippen LogP contribution in [0.15, 0.2) is 108 Å². The van der Waals surface area contributed by atoms with Crippen LogP contribution < -0.4 is 29.9 Å². The molecule has 10 heteroatoms. The lowest BCUT2D eigenvalue weighted by molar-refractivity contribution is -0.117. The lowest BCUT2D eigenvalue weighted by atomic mass is 10.1. The van der Waals surface area contributed by atoms with Crippen LogP contribution in [0.5, 0.6) is 17.2 Å². The van der Waals surface area contributed by atoms with E-state index < -0.39 is 17.8 Å². The standard InChI is InChI=1S/C33H28N4O6/c1-37(2)26-15-12-22(13-16-26)18-27(35-31(38)23-8-4-3-5-9-23)32(39)36-34-20-25-10-6-7-11-28(25)43-33(40)24-14-17-29-30(19-24)42-21-41-29/h3-20H,21H2,1-2H3,(H,35,38)(H,36,39)/b27-18-,34-20+. The Morgan fingerprint density at radius 1 is 0.837 bits per heavy atom. The second-order valence-corrected chi connectivity index (χ2v) is 9.56. The van der Waals surface area contributed by atoms with Crippen molar-refractivity contribution in [1.82, 2.24) is 10.7 Å². The van der Waals surface area contributed by atoms with E-state index in [4.69, 9.17) is 14.2 Å². The van der Waals surface area contributed by atoms with E-state index in [1.807, 2.05) is 43.3 Å². The summed E-state index contributed by atoms with van der Waals surface area (Å²) < 4.78 is 16.2. The summed E-state index contributed by atoms with van der Waals surface area (Å²) in [4.78, 5) is 40.8. The Labute approximate surface area is 248 Å². The van der Waals surface area contributed by atoms with Gasteiger partial charge in [-0.1, -0.05) is 42.5 Å². The van der Waals surface area contributed by atoms with Gasteiger partial charge in [0.05, 0.1) is 11.8 Å². The van der Waals surface area contributed by atoms with Gasteiger partial charge in [0.1, 0.15) is 11.4 Å². The topological polar surface area (TPSA) is 119 Å². The number of carbonyl (C=O) groups is 3. The molecule has 0 saturated heterocycles. The van der Waals surface area contributed by atoms with Crippen LogP contribution in [-0.4, -0.2) is 44.9 Å². The number of rotatable bonds is 9. The minimum atomic E-state index is -0.646. The molecule has 1 aliphatic rings. The Hall–Kier alpha value is -5.90. The zero-order valence-corrected chi connectivity index (χ0v) is 23.4. The average molecular weight is 577 g/mol. The number of esters is 1. The Balaban J connectivity index is 1.31. The number of anilines is 1. The van der Waals surface area contributed by atoms with Crippen molar-refractivity contribution >= 4 is 35.8 Å². The van der Waals surface area contributed by atoms with E-state index in [0.29, 0.717) is 28.2 Å². The maximum Gasteiger partial charge on any atom is 0.343 e. The lowest BCUT2D eigenvalue weighted by Gasteiger charge is -2.13. The summed E-state index contributed by atoms with van der Waals surface area (Å²) in [5.74, 6) is -0.444. The molecule has 5 rings (SSSR count). The molecule has 0 saturated carbocycles. The van der Waals surface area contributed by atoms with Crippen LogP contribution in [-0.2, 0) is 4.79 Å². The normalized spacial score (nSPS) is 12.1. The number of fused-ring (bicyclic) bond motifs is 1. The number of nitrogens with zero attached hydrogens (tertiary/aromatic N) is 2. The highest BCUT2D eigenvalue weighted by Crippen LogP contribution is 2.33. The second-order valence-electron chi connectivity index (χ2n) is 9.56. The van der Waals surface area contributed by atoms with Crippen LogP contribution >= 0.6 is 0 Å². The molecule has 0 radical (unpaired) electrons. The van der Waals surface area contributed by atoms with Gasteiger partial charge in [-0.3, -0.25) is 9.59 Å². The van der Waals surface area contributed by atoms with Crippen LogP contribution in [0, 0.1) is 0 Å². The number of nitrogens with one attached hydrogen (secondary N) is 2. The quantitative estimate of drug-likeness (QED) is 0.0981. The predicted octanol–water partition coefficient (Wildman–Crippen LogP) is 4.62. The van der Waals surface area contributed by atoms with Crippen LogP contribution in [0.3, 0.4) is 0 Å². The molecule has 4 aromatic carbocycles. The molecule has 43 heavy (non-hydrogen) atoms. The zero-order valence-electron chi connectivity index (χ0n) is 23.4. The molecule has 10 nitrogen and oxygen atoms in total. The summed E-state index contributed by atoms with van der Waals surface area (Å²) in [7, 11) is 3.86. The van der Waals surface area contributed by atoms with Crippen LogP contribution in [0.2, 0.25) is 0 Å². The summed E-state index contributed by atoms with van der Waals surface area (Å²) in [6.45, 7) is 0.0917. The SMILES string of the molecule is CN(C)c1ccc(/C=C(\NC(=O)c2ccccc2)C(=O)N/N=C/c2ccccc2OC(=O)c2ccc3c(c2)OCO3)cc1. The van der Waals surface area contributed by atoms with Crippen molar-refractivity contribution < 1.29 is 28.6 Å². The molecule has 0 aliphatic carbocycles. The summed E-state index contributed by atoms with van der Waals surface area (Å²) in [5.41, 5.74) is 5.24. The summed E-state index contributed by atoms with van der Waals surface area (Å²) in [6, 6.07) is 27.6. The number of benzene rings is 4. The van der Waals surface area contributed by atoms with E-state index in [-0.39, 0.29) is 23.8 Å². The molecule has 0 unspecified atom stereocenters. The molecule has 2 N–H and O–H groups in total. The van der Waals surface area contributed by atoms with Gasteiger partial charge in [0.15, 0.2) is 11.5 Å². The molecule has 4 aromatic rings. The number of amides is 2. The summed E-state index contributed by atoms with van der Waals surface area (Å²) in [6.07, 6.45) is 2.91. The van der Waals surface area contributed by atoms with Gasteiger partial charge in [0.2, 0.25) is 6.79 Å². The van der Waals surface area contributed by atoms with E-state index in [9.17, 15) is 14.4 Å². The molecule has 0 atom stereocenters. The third kappa shape index (κ3) is 7.25. The third-order valence-corrected chi connectivity index (χ3v) is 6.35. The Kier molecular flexibility index (Phi) is 8.77. The highest BCUT2D eigenvalue weighted by Gasteiger charge is 2.18. The summed E-state index contributed by atoms with van der Waals surface area (Å²) >= 11 is 0. The minimum Gasteiger partial charge on any atom is -0.454 e. The number of hydrogen-bond acceptors (Lipinski definition) is 8. The van der Waals surface area contributed by atoms with Crippen molar-refractivity contribution in [3.05, 3.63) is 125 Å². The van der Waals surface area contributed by atoms with E-state index in [0.717, 1.165) is 5.69 Å². The lowest BCUT2D eigenvalue weighted by Crippen LogP contribution is -2.32. The largest absolute Gasteiger partial charge is 0.454 e. The van der Waals surface area contributed by atoms with Gasteiger partial charge in [-0.25, -0.2) is 10.2 Å².